The van der Waals surface area contributed by atoms with Gasteiger partial charge in [-0.2, -0.15) is 0 Å². The maximum atomic E-state index is 13.6. The van der Waals surface area contributed by atoms with Crippen molar-refractivity contribution >= 4 is 28.5 Å². The number of para-hydroxylation sites is 1. The van der Waals surface area contributed by atoms with E-state index in [2.05, 4.69) is 5.32 Å². The van der Waals surface area contributed by atoms with E-state index in [-0.39, 0.29) is 18.1 Å². The number of aryl methyl sites for hydroxylation is 1. The van der Waals surface area contributed by atoms with Crippen LogP contribution in [0.4, 0.5) is 5.69 Å². The zero-order valence-corrected chi connectivity index (χ0v) is 21.5. The highest BCUT2D eigenvalue weighted by molar-refractivity contribution is 6.11. The van der Waals surface area contributed by atoms with Gasteiger partial charge in [-0.1, -0.05) is 60.7 Å². The van der Waals surface area contributed by atoms with Gasteiger partial charge in [-0.15, -0.1) is 0 Å². The van der Waals surface area contributed by atoms with E-state index in [1.54, 1.807) is 14.0 Å². The first-order valence-corrected chi connectivity index (χ1v) is 12.4. The largest absolute Gasteiger partial charge is 0.497 e. The van der Waals surface area contributed by atoms with E-state index >= 15 is 0 Å². The molecule has 0 unspecified atom stereocenters. The van der Waals surface area contributed by atoms with Gasteiger partial charge >= 0.3 is 5.97 Å². The molecule has 0 saturated heterocycles. The Morgan fingerprint density at radius 1 is 0.947 bits per heavy atom. The van der Waals surface area contributed by atoms with E-state index in [0.29, 0.717) is 29.1 Å². The number of benzene rings is 3. The molecule has 1 N–H and O–H groups in total. The highest BCUT2D eigenvalue weighted by Crippen LogP contribution is 2.36. The van der Waals surface area contributed by atoms with Crippen molar-refractivity contribution in [3.05, 3.63) is 108 Å². The van der Waals surface area contributed by atoms with Gasteiger partial charge in [-0.05, 0) is 43.2 Å². The minimum atomic E-state index is -0.528. The number of hydrogen-bond donors (Lipinski definition) is 1. The molecular formula is C31H28N2O5. The summed E-state index contributed by atoms with van der Waals surface area (Å²) in [4.78, 5) is 26.9. The molecule has 5 rings (SSSR count). The molecule has 0 radical (unpaired) electrons. The van der Waals surface area contributed by atoms with Crippen molar-refractivity contribution < 1.29 is 23.5 Å². The van der Waals surface area contributed by atoms with Gasteiger partial charge in [0.2, 0.25) is 0 Å². The smallest absolute Gasteiger partial charge is 0.357 e. The average molecular weight is 509 g/mol. The van der Waals surface area contributed by atoms with Crippen LogP contribution < -0.4 is 10.1 Å². The molecule has 192 valence electrons. The Morgan fingerprint density at radius 3 is 2.34 bits per heavy atom. The van der Waals surface area contributed by atoms with Crippen LogP contribution in [0.1, 0.15) is 39.1 Å². The van der Waals surface area contributed by atoms with Gasteiger partial charge in [0.15, 0.2) is 11.5 Å². The van der Waals surface area contributed by atoms with Crippen LogP contribution in [-0.4, -0.2) is 30.2 Å². The van der Waals surface area contributed by atoms with Gasteiger partial charge in [-0.3, -0.25) is 4.79 Å². The number of ether oxygens (including phenoxy) is 2. The minimum absolute atomic E-state index is 0.192. The van der Waals surface area contributed by atoms with E-state index in [9.17, 15) is 9.59 Å². The third kappa shape index (κ3) is 4.78. The molecule has 0 spiro atoms. The summed E-state index contributed by atoms with van der Waals surface area (Å²) < 4.78 is 18.5. The van der Waals surface area contributed by atoms with Crippen LogP contribution >= 0.6 is 0 Å². The van der Waals surface area contributed by atoms with Crippen molar-refractivity contribution in [2.24, 2.45) is 0 Å². The fourth-order valence-electron chi connectivity index (χ4n) is 4.56. The normalized spacial score (nSPS) is 10.9. The first-order chi connectivity index (χ1) is 18.5. The molecule has 3 aromatic carbocycles. The number of methoxy groups -OCH3 is 1. The molecule has 0 aliphatic rings. The standard InChI is InChI=1S/C31H28N2O5/c1-4-37-31(35)28-27(32-30(34)29-20(2)24-12-8-9-13-26(24)38-29)25(22-14-16-23(36-3)17-15-22)19-33(28)18-21-10-6-5-7-11-21/h5-17,19H,4,18H2,1-3H3,(H,32,34). The molecule has 0 atom stereocenters. The molecule has 7 nitrogen and oxygen atoms in total. The number of furan rings is 1. The number of nitrogens with one attached hydrogen (secondary N) is 1. The Bertz CT molecular complexity index is 1600. The second kappa shape index (κ2) is 10.7. The Kier molecular flexibility index (Phi) is 7.00. The molecule has 7 heteroatoms. The predicted octanol–water partition coefficient (Wildman–Crippen LogP) is 6.70. The number of hydrogen-bond acceptors (Lipinski definition) is 5. The van der Waals surface area contributed by atoms with E-state index in [1.807, 2.05) is 96.6 Å². The predicted molar refractivity (Wildman–Crippen MR) is 147 cm³/mol. The molecule has 0 bridgehead atoms. The van der Waals surface area contributed by atoms with E-state index in [1.165, 1.54) is 0 Å². The second-order valence-corrected chi connectivity index (χ2v) is 8.84. The number of aromatic nitrogens is 1. The molecule has 5 aromatic rings. The minimum Gasteiger partial charge on any atom is -0.497 e. The Labute approximate surface area is 220 Å². The average Bonchev–Trinajstić information content (AvgIpc) is 3.47. The maximum absolute atomic E-state index is 13.6. The van der Waals surface area contributed by atoms with Gasteiger partial charge in [0.1, 0.15) is 11.3 Å². The monoisotopic (exact) mass is 508 g/mol. The molecule has 38 heavy (non-hydrogen) atoms. The lowest BCUT2D eigenvalue weighted by Crippen LogP contribution is -2.18. The second-order valence-electron chi connectivity index (χ2n) is 8.84. The van der Waals surface area contributed by atoms with Crippen LogP contribution in [0.25, 0.3) is 22.1 Å². The summed E-state index contributed by atoms with van der Waals surface area (Å²) in [5, 5.41) is 3.85. The summed E-state index contributed by atoms with van der Waals surface area (Å²) in [5.74, 6) is -0.0830. The van der Waals surface area contributed by atoms with E-state index in [0.717, 1.165) is 22.1 Å². The van der Waals surface area contributed by atoms with Gasteiger partial charge in [0, 0.05) is 29.3 Å². The first-order valence-electron chi connectivity index (χ1n) is 12.4. The zero-order chi connectivity index (χ0) is 26.6. The number of fused-ring (bicyclic) bond motifs is 1. The van der Waals surface area contributed by atoms with Crippen molar-refractivity contribution in [2.75, 3.05) is 19.0 Å². The highest BCUT2D eigenvalue weighted by Gasteiger charge is 2.27. The molecule has 2 aromatic heterocycles. The van der Waals surface area contributed by atoms with Crippen molar-refractivity contribution in [1.82, 2.24) is 4.57 Å². The highest BCUT2D eigenvalue weighted by atomic mass is 16.5. The topological polar surface area (TPSA) is 82.7 Å². The summed E-state index contributed by atoms with van der Waals surface area (Å²) >= 11 is 0. The number of anilines is 1. The van der Waals surface area contributed by atoms with Gasteiger partial charge < -0.3 is 23.8 Å². The lowest BCUT2D eigenvalue weighted by molar-refractivity contribution is 0.0515. The number of esters is 1. The molecule has 0 saturated carbocycles. The number of rotatable bonds is 8. The lowest BCUT2D eigenvalue weighted by Gasteiger charge is -2.12. The van der Waals surface area contributed by atoms with E-state index < -0.39 is 11.9 Å². The Hall–Kier alpha value is -4.78. The Morgan fingerprint density at radius 2 is 1.66 bits per heavy atom. The number of nitrogens with zero attached hydrogens (tertiary/aromatic N) is 1. The Balaban J connectivity index is 1.65. The molecule has 2 heterocycles. The van der Waals surface area contributed by atoms with Crippen molar-refractivity contribution in [3.63, 3.8) is 0 Å². The van der Waals surface area contributed by atoms with Crippen molar-refractivity contribution in [2.45, 2.75) is 20.4 Å². The van der Waals surface area contributed by atoms with Crippen LogP contribution in [0.2, 0.25) is 0 Å². The number of amides is 1. The van der Waals surface area contributed by atoms with E-state index in [4.69, 9.17) is 13.9 Å². The fraction of sp³-hybridized carbons (Fsp3) is 0.161. The molecular weight excluding hydrogens is 480 g/mol. The third-order valence-corrected chi connectivity index (χ3v) is 6.43. The van der Waals surface area contributed by atoms with Crippen LogP contribution in [0.15, 0.2) is 89.5 Å². The van der Waals surface area contributed by atoms with Gasteiger partial charge in [0.05, 0.1) is 19.4 Å². The zero-order valence-electron chi connectivity index (χ0n) is 21.5. The number of carbonyl (C=O) groups is 2. The van der Waals surface area contributed by atoms with Crippen LogP contribution in [0.3, 0.4) is 0 Å². The summed E-state index contributed by atoms with van der Waals surface area (Å²) in [7, 11) is 1.60. The quantitative estimate of drug-likeness (QED) is 0.236. The third-order valence-electron chi connectivity index (χ3n) is 6.43. The maximum Gasteiger partial charge on any atom is 0.357 e. The van der Waals surface area contributed by atoms with Crippen molar-refractivity contribution in [3.8, 4) is 16.9 Å². The van der Waals surface area contributed by atoms with Crippen LogP contribution in [0, 0.1) is 6.92 Å². The summed E-state index contributed by atoms with van der Waals surface area (Å²) in [6.07, 6.45) is 1.86. The molecule has 1 amide bonds. The summed E-state index contributed by atoms with van der Waals surface area (Å²) in [6, 6.07) is 24.7. The van der Waals surface area contributed by atoms with Crippen LogP contribution in [-0.2, 0) is 11.3 Å². The first kappa shape index (κ1) is 24.9. The summed E-state index contributed by atoms with van der Waals surface area (Å²) in [6.45, 7) is 4.21. The molecule has 0 aliphatic carbocycles. The van der Waals surface area contributed by atoms with Gasteiger partial charge in [0.25, 0.3) is 5.91 Å². The fourth-order valence-corrected chi connectivity index (χ4v) is 4.56. The lowest BCUT2D eigenvalue weighted by atomic mass is 10.1. The van der Waals surface area contributed by atoms with Crippen LogP contribution in [0.5, 0.6) is 5.75 Å². The molecule has 0 aliphatic heterocycles. The summed E-state index contributed by atoms with van der Waals surface area (Å²) in [5.41, 5.74) is 4.44. The van der Waals surface area contributed by atoms with Gasteiger partial charge in [-0.25, -0.2) is 4.79 Å². The molecule has 0 fully saturated rings. The van der Waals surface area contributed by atoms with Crippen molar-refractivity contribution in [1.29, 1.82) is 0 Å². The number of carbonyl (C=O) groups excluding carboxylic acids is 2. The SMILES string of the molecule is CCOC(=O)c1c(NC(=O)c2oc3ccccc3c2C)c(-c2ccc(OC)cc2)cn1Cc1ccccc1.